The smallest absolute Gasteiger partial charge is 0.331 e. The molecule has 1 aliphatic heterocycles. The lowest BCUT2D eigenvalue weighted by Gasteiger charge is -2.63. The van der Waals surface area contributed by atoms with E-state index in [0.29, 0.717) is 19.3 Å². The second-order valence-corrected chi connectivity index (χ2v) is 15.6. The van der Waals surface area contributed by atoms with Gasteiger partial charge in [-0.05, 0) is 82.4 Å². The van der Waals surface area contributed by atoms with Gasteiger partial charge in [0, 0.05) is 16.7 Å². The van der Waals surface area contributed by atoms with Crippen molar-refractivity contribution < 1.29 is 47.3 Å². The zero-order valence-electron chi connectivity index (χ0n) is 28.4. The summed E-state index contributed by atoms with van der Waals surface area (Å²) >= 11 is 0. The summed E-state index contributed by atoms with van der Waals surface area (Å²) < 4.78 is 51.8. The predicted octanol–water partition coefficient (Wildman–Crippen LogP) is 3.58. The van der Waals surface area contributed by atoms with Crippen LogP contribution in [0.2, 0.25) is 0 Å². The largest absolute Gasteiger partial charge is 0.456 e. The average Bonchev–Trinajstić information content (AvgIpc) is 3.46. The monoisotopic (exact) mass is 664 g/mol. The van der Waals surface area contributed by atoms with Crippen LogP contribution in [0.15, 0.2) is 23.8 Å². The maximum Gasteiger partial charge on any atom is 0.331 e. The highest BCUT2D eigenvalue weighted by molar-refractivity contribution is 6.01. The first-order chi connectivity index (χ1) is 21.8. The molecule has 5 rings (SSSR count). The van der Waals surface area contributed by atoms with E-state index < -0.39 is 100 Å². The van der Waals surface area contributed by atoms with Gasteiger partial charge in [0.2, 0.25) is 11.7 Å². The summed E-state index contributed by atoms with van der Waals surface area (Å²) in [5, 5.41) is 14.3. The Morgan fingerprint density at radius 1 is 1.21 bits per heavy atom. The Morgan fingerprint density at radius 2 is 1.89 bits per heavy atom. The van der Waals surface area contributed by atoms with Gasteiger partial charge in [0.05, 0.1) is 18.2 Å². The Labute approximate surface area is 275 Å². The Balaban J connectivity index is 1.43. The van der Waals surface area contributed by atoms with Crippen LogP contribution in [0, 0.1) is 28.6 Å². The number of nitrogens with two attached hydrogens (primary N) is 1. The number of amides is 1. The van der Waals surface area contributed by atoms with Crippen LogP contribution in [0.4, 0.5) is 8.78 Å². The molecule has 12 heteroatoms. The highest BCUT2D eigenvalue weighted by Crippen LogP contribution is 2.72. The molecule has 4 aliphatic carbocycles. The standard InChI is InChI=1S/C35H50F2N2O8/c1-8-9-28-46-27-15-20-21-14-23(36)22-13-19(40)10-11-32(22,6)34(21,37)25(41)16-33(20,7)35(27,47-28)26(42)17-45-30(44)31(4,5)39-29(43)24(38)12-18(2)3/h10-11,13,18,20-21,23-25,27-28,41H,8-9,12,14-17,38H2,1-7H3,(H,39,43)/t20?,21-,23-,24-,25-,27+,28?,32-,33-,34-,35+/m0/s1. The Bertz CT molecular complexity index is 1380. The van der Waals surface area contributed by atoms with E-state index in [1.807, 2.05) is 20.8 Å². The number of carbonyl (C=O) groups excluding carboxylic acids is 4. The molecule has 0 aromatic heterocycles. The topological polar surface area (TPSA) is 154 Å². The minimum Gasteiger partial charge on any atom is -0.456 e. The fourth-order valence-corrected chi connectivity index (χ4v) is 9.37. The first-order valence-electron chi connectivity index (χ1n) is 16.9. The van der Waals surface area contributed by atoms with Crippen molar-refractivity contribution in [1.29, 1.82) is 0 Å². The highest BCUT2D eigenvalue weighted by atomic mass is 19.1. The Hall–Kier alpha value is -2.54. The van der Waals surface area contributed by atoms with Crippen molar-refractivity contribution in [3.63, 3.8) is 0 Å². The van der Waals surface area contributed by atoms with Gasteiger partial charge < -0.3 is 30.4 Å². The number of alkyl halides is 2. The van der Waals surface area contributed by atoms with Gasteiger partial charge in [-0.15, -0.1) is 0 Å². The molecule has 4 N–H and O–H groups in total. The summed E-state index contributed by atoms with van der Waals surface area (Å²) in [5.41, 5.74) is -2.35. The van der Waals surface area contributed by atoms with Crippen molar-refractivity contribution >= 4 is 23.4 Å². The normalized spacial score (nSPS) is 41.4. The molecular formula is C35H50F2N2O8. The van der Waals surface area contributed by atoms with Crippen molar-refractivity contribution in [3.05, 3.63) is 23.8 Å². The van der Waals surface area contributed by atoms with Crippen LogP contribution in [0.3, 0.4) is 0 Å². The van der Waals surface area contributed by atoms with E-state index in [1.54, 1.807) is 6.92 Å². The molecule has 11 atom stereocenters. The van der Waals surface area contributed by atoms with Crippen molar-refractivity contribution in [1.82, 2.24) is 5.32 Å². The number of carbonyl (C=O) groups is 4. The molecule has 10 nitrogen and oxygen atoms in total. The summed E-state index contributed by atoms with van der Waals surface area (Å²) in [6.45, 7) is 11.2. The van der Waals surface area contributed by atoms with Crippen LogP contribution in [-0.2, 0) is 33.4 Å². The van der Waals surface area contributed by atoms with Crippen molar-refractivity contribution in [2.75, 3.05) is 6.61 Å². The molecule has 1 heterocycles. The molecule has 2 unspecified atom stereocenters. The zero-order valence-corrected chi connectivity index (χ0v) is 28.4. The summed E-state index contributed by atoms with van der Waals surface area (Å²) in [6, 6.07) is -0.833. The zero-order chi connectivity index (χ0) is 34.9. The Morgan fingerprint density at radius 3 is 2.53 bits per heavy atom. The molecule has 0 aromatic rings. The molecule has 1 saturated heterocycles. The molecule has 0 spiro atoms. The second kappa shape index (κ2) is 12.1. The van der Waals surface area contributed by atoms with Crippen molar-refractivity contribution in [2.24, 2.45) is 34.3 Å². The number of aliphatic hydroxyl groups is 1. The summed E-state index contributed by atoms with van der Waals surface area (Å²) in [5.74, 6) is -3.96. The number of allylic oxidation sites excluding steroid dienone is 4. The molecule has 5 aliphatic rings. The number of nitrogens with one attached hydrogen (secondary N) is 1. The van der Waals surface area contributed by atoms with Crippen LogP contribution >= 0.6 is 0 Å². The minimum atomic E-state index is -2.33. The SMILES string of the molecule is CCCC1O[C@@H]2CC3[C@@H]4C[C@H](F)C5=CC(=O)C=C[C@]5(C)[C@@]4(F)[C@@H](O)C[C@]3(C)[C@]2(C(=O)COC(=O)C(C)(C)NC(=O)[C@@H](N)CC(C)C)O1. The van der Waals surface area contributed by atoms with Crippen LogP contribution in [-0.4, -0.2) is 82.7 Å². The average molecular weight is 665 g/mol. The van der Waals surface area contributed by atoms with Crippen molar-refractivity contribution in [3.8, 4) is 0 Å². The predicted molar refractivity (Wildman–Crippen MR) is 167 cm³/mol. The van der Waals surface area contributed by atoms with Gasteiger partial charge in [0.25, 0.3) is 0 Å². The van der Waals surface area contributed by atoms with Gasteiger partial charge in [0.15, 0.2) is 29.9 Å². The number of ketones is 2. The summed E-state index contributed by atoms with van der Waals surface area (Å²) in [4.78, 5) is 52.4. The fourth-order valence-electron chi connectivity index (χ4n) is 9.37. The molecule has 0 radical (unpaired) electrons. The number of hydrogen-bond acceptors (Lipinski definition) is 9. The van der Waals surface area contributed by atoms with E-state index in [2.05, 4.69) is 5.32 Å². The third kappa shape index (κ3) is 5.32. The van der Waals surface area contributed by atoms with Gasteiger partial charge in [-0.2, -0.15) is 0 Å². The van der Waals surface area contributed by atoms with E-state index in [9.17, 15) is 24.3 Å². The molecule has 0 aromatic carbocycles. The highest BCUT2D eigenvalue weighted by Gasteiger charge is 2.80. The number of esters is 1. The quantitative estimate of drug-likeness (QED) is 0.298. The van der Waals surface area contributed by atoms with E-state index in [1.165, 1.54) is 32.9 Å². The van der Waals surface area contributed by atoms with Gasteiger partial charge in [-0.1, -0.05) is 40.2 Å². The van der Waals surface area contributed by atoms with Crippen LogP contribution in [0.25, 0.3) is 0 Å². The lowest BCUT2D eigenvalue weighted by molar-refractivity contribution is -0.235. The third-order valence-corrected chi connectivity index (χ3v) is 11.7. The number of rotatable bonds is 10. The van der Waals surface area contributed by atoms with Gasteiger partial charge in [-0.25, -0.2) is 13.6 Å². The molecule has 4 fully saturated rings. The van der Waals surface area contributed by atoms with E-state index in [0.717, 1.165) is 6.08 Å². The van der Waals surface area contributed by atoms with E-state index in [-0.39, 0.29) is 30.8 Å². The van der Waals surface area contributed by atoms with E-state index >= 15 is 8.78 Å². The fraction of sp³-hybridized carbons (Fsp3) is 0.771. The summed E-state index contributed by atoms with van der Waals surface area (Å²) in [6.07, 6.45) is 0.0693. The molecular weight excluding hydrogens is 614 g/mol. The summed E-state index contributed by atoms with van der Waals surface area (Å²) in [7, 11) is 0. The third-order valence-electron chi connectivity index (χ3n) is 11.7. The number of hydrogen-bond donors (Lipinski definition) is 3. The van der Waals surface area contributed by atoms with Gasteiger partial charge in [0.1, 0.15) is 11.7 Å². The van der Waals surface area contributed by atoms with Gasteiger partial charge >= 0.3 is 5.97 Å². The molecule has 0 bridgehead atoms. The maximum absolute atomic E-state index is 17.7. The minimum absolute atomic E-state index is 0.0117. The van der Waals surface area contributed by atoms with Crippen molar-refractivity contribution in [2.45, 2.75) is 135 Å². The number of halogens is 2. The number of aliphatic hydroxyl groups excluding tert-OH is 1. The Kier molecular flexibility index (Phi) is 9.21. The molecule has 262 valence electrons. The lowest BCUT2D eigenvalue weighted by Crippen LogP contribution is -2.71. The molecule has 47 heavy (non-hydrogen) atoms. The van der Waals surface area contributed by atoms with E-state index in [4.69, 9.17) is 19.9 Å². The maximum atomic E-state index is 17.7. The van der Waals surface area contributed by atoms with Crippen LogP contribution < -0.4 is 11.1 Å². The first kappa shape index (κ1) is 35.8. The van der Waals surface area contributed by atoms with Crippen LogP contribution in [0.5, 0.6) is 0 Å². The lowest BCUT2D eigenvalue weighted by atomic mass is 9.44. The number of Topliss-reactive ketones (excluding diaryl/α,β-unsaturated/α-hetero) is 1. The first-order valence-corrected chi connectivity index (χ1v) is 16.9. The second-order valence-electron chi connectivity index (χ2n) is 15.6. The van der Waals surface area contributed by atoms with Gasteiger partial charge in [-0.3, -0.25) is 14.4 Å². The number of fused-ring (bicyclic) bond motifs is 7. The molecule has 3 saturated carbocycles. The van der Waals surface area contributed by atoms with Crippen LogP contribution in [0.1, 0.15) is 87.0 Å². The molecule has 1 amide bonds. The number of ether oxygens (including phenoxy) is 3.